The normalized spacial score (nSPS) is 9.50. The van der Waals surface area contributed by atoms with Crippen LogP contribution < -0.4 is 5.32 Å². The second kappa shape index (κ2) is 6.83. The molecule has 0 aliphatic rings. The monoisotopic (exact) mass is 171 g/mol. The molecule has 0 unspecified atom stereocenters. The summed E-state index contributed by atoms with van der Waals surface area (Å²) < 4.78 is 0. The third-order valence-corrected chi connectivity index (χ3v) is 1.51. The van der Waals surface area contributed by atoms with Crippen LogP contribution in [-0.4, -0.2) is 18.2 Å². The van der Waals surface area contributed by atoms with Gasteiger partial charge in [0.05, 0.1) is 6.42 Å². The maximum Gasteiger partial charge on any atom is 0.227 e. The van der Waals surface area contributed by atoms with Crippen LogP contribution in [0.4, 0.5) is 0 Å². The van der Waals surface area contributed by atoms with E-state index in [1.807, 2.05) is 0 Å². The Morgan fingerprint density at radius 2 is 1.92 bits per heavy atom. The minimum atomic E-state index is -0.154. The number of ketones is 1. The molecule has 0 spiro atoms. The van der Waals surface area contributed by atoms with Crippen molar-refractivity contribution in [2.45, 2.75) is 39.5 Å². The van der Waals surface area contributed by atoms with Gasteiger partial charge in [-0.2, -0.15) is 0 Å². The van der Waals surface area contributed by atoms with Crippen LogP contribution in [0.1, 0.15) is 39.5 Å². The molecule has 0 fully saturated rings. The molecule has 0 aromatic rings. The van der Waals surface area contributed by atoms with Crippen LogP contribution in [0.25, 0.3) is 0 Å². The predicted octanol–water partition coefficient (Wildman–Crippen LogP) is 1.27. The Bertz CT molecular complexity index is 155. The first-order chi connectivity index (χ1) is 5.66. The lowest BCUT2D eigenvalue weighted by Crippen LogP contribution is -2.25. The van der Waals surface area contributed by atoms with Gasteiger partial charge in [-0.3, -0.25) is 9.59 Å². The van der Waals surface area contributed by atoms with Crippen molar-refractivity contribution in [1.29, 1.82) is 0 Å². The molecule has 0 saturated heterocycles. The molecule has 1 amide bonds. The fourth-order valence-electron chi connectivity index (χ4n) is 0.891. The van der Waals surface area contributed by atoms with Gasteiger partial charge < -0.3 is 5.32 Å². The van der Waals surface area contributed by atoms with Crippen molar-refractivity contribution < 1.29 is 9.59 Å². The molecule has 0 atom stereocenters. The van der Waals surface area contributed by atoms with Gasteiger partial charge >= 0.3 is 0 Å². The Morgan fingerprint density at radius 3 is 2.42 bits per heavy atom. The second-order valence-electron chi connectivity index (χ2n) is 2.94. The summed E-state index contributed by atoms with van der Waals surface area (Å²) in [6, 6.07) is 0. The number of nitrogens with one attached hydrogen (secondary N) is 1. The number of unbranched alkanes of at least 4 members (excludes halogenated alkanes) is 2. The van der Waals surface area contributed by atoms with E-state index in [0.29, 0.717) is 6.54 Å². The zero-order valence-electron chi connectivity index (χ0n) is 7.85. The molecule has 0 heterocycles. The largest absolute Gasteiger partial charge is 0.356 e. The summed E-state index contributed by atoms with van der Waals surface area (Å²) in [6.07, 6.45) is 3.29. The Kier molecular flexibility index (Phi) is 6.34. The van der Waals surface area contributed by atoms with Gasteiger partial charge in [0.1, 0.15) is 5.78 Å². The van der Waals surface area contributed by atoms with Crippen LogP contribution in [0.3, 0.4) is 0 Å². The number of hydrogen-bond acceptors (Lipinski definition) is 2. The highest BCUT2D eigenvalue weighted by atomic mass is 16.2. The standard InChI is InChI=1S/C9H17NO2/c1-3-4-5-6-10-9(12)7-8(2)11/h3-7H2,1-2H3,(H,10,12). The molecule has 0 aromatic heterocycles. The lowest BCUT2D eigenvalue weighted by Gasteiger charge is -2.01. The molecule has 1 N–H and O–H groups in total. The van der Waals surface area contributed by atoms with Crippen LogP contribution in [0.15, 0.2) is 0 Å². The smallest absolute Gasteiger partial charge is 0.227 e. The van der Waals surface area contributed by atoms with Crippen molar-refractivity contribution in [3.8, 4) is 0 Å². The second-order valence-corrected chi connectivity index (χ2v) is 2.94. The molecule has 70 valence electrons. The van der Waals surface area contributed by atoms with Crippen LogP contribution in [-0.2, 0) is 9.59 Å². The molecule has 3 heteroatoms. The summed E-state index contributed by atoms with van der Waals surface area (Å²) in [5.74, 6) is -0.235. The first-order valence-corrected chi connectivity index (χ1v) is 4.43. The highest BCUT2D eigenvalue weighted by molar-refractivity contribution is 5.96. The summed E-state index contributed by atoms with van der Waals surface area (Å²) in [7, 11) is 0. The third kappa shape index (κ3) is 7.25. The zero-order chi connectivity index (χ0) is 9.40. The molecular weight excluding hydrogens is 154 g/mol. The molecule has 3 nitrogen and oxygen atoms in total. The number of carbonyl (C=O) groups is 2. The Balaban J connectivity index is 3.26. The first-order valence-electron chi connectivity index (χ1n) is 4.43. The lowest BCUT2D eigenvalue weighted by molar-refractivity contribution is -0.127. The van der Waals surface area contributed by atoms with E-state index in [-0.39, 0.29) is 18.1 Å². The third-order valence-electron chi connectivity index (χ3n) is 1.51. The fourth-order valence-corrected chi connectivity index (χ4v) is 0.891. The predicted molar refractivity (Wildman–Crippen MR) is 47.8 cm³/mol. The molecular formula is C9H17NO2. The van der Waals surface area contributed by atoms with Gasteiger partial charge in [0, 0.05) is 6.54 Å². The molecule has 0 aromatic carbocycles. The van der Waals surface area contributed by atoms with E-state index in [1.54, 1.807) is 0 Å². The van der Waals surface area contributed by atoms with Gasteiger partial charge in [-0.25, -0.2) is 0 Å². The Hall–Kier alpha value is -0.860. The van der Waals surface area contributed by atoms with E-state index in [1.165, 1.54) is 6.92 Å². The average Bonchev–Trinajstić information content (AvgIpc) is 1.97. The van der Waals surface area contributed by atoms with Crippen LogP contribution >= 0.6 is 0 Å². The minimum Gasteiger partial charge on any atom is -0.356 e. The highest BCUT2D eigenvalue weighted by Crippen LogP contribution is 1.91. The van der Waals surface area contributed by atoms with E-state index >= 15 is 0 Å². The van der Waals surface area contributed by atoms with Crippen LogP contribution in [0.2, 0.25) is 0 Å². The van der Waals surface area contributed by atoms with Gasteiger partial charge in [0.2, 0.25) is 5.91 Å². The van der Waals surface area contributed by atoms with E-state index in [0.717, 1.165) is 19.3 Å². The average molecular weight is 171 g/mol. The van der Waals surface area contributed by atoms with Gasteiger partial charge in [0.15, 0.2) is 0 Å². The van der Waals surface area contributed by atoms with Crippen molar-refractivity contribution in [2.75, 3.05) is 6.54 Å². The summed E-state index contributed by atoms with van der Waals surface area (Å²) in [6.45, 7) is 4.23. The molecule has 12 heavy (non-hydrogen) atoms. The van der Waals surface area contributed by atoms with Crippen LogP contribution in [0.5, 0.6) is 0 Å². The van der Waals surface area contributed by atoms with E-state index in [4.69, 9.17) is 0 Å². The van der Waals surface area contributed by atoms with Crippen molar-refractivity contribution in [2.24, 2.45) is 0 Å². The van der Waals surface area contributed by atoms with Crippen LogP contribution in [0, 0.1) is 0 Å². The lowest BCUT2D eigenvalue weighted by atomic mass is 10.2. The first kappa shape index (κ1) is 11.1. The number of carbonyl (C=O) groups excluding carboxylic acids is 2. The fraction of sp³-hybridized carbons (Fsp3) is 0.778. The Morgan fingerprint density at radius 1 is 1.25 bits per heavy atom. The van der Waals surface area contributed by atoms with Gasteiger partial charge in [0.25, 0.3) is 0 Å². The van der Waals surface area contributed by atoms with Gasteiger partial charge in [-0.05, 0) is 13.3 Å². The van der Waals surface area contributed by atoms with Gasteiger partial charge in [-0.15, -0.1) is 0 Å². The number of hydrogen-bond donors (Lipinski definition) is 1. The highest BCUT2D eigenvalue weighted by Gasteiger charge is 2.02. The van der Waals surface area contributed by atoms with Crippen molar-refractivity contribution in [1.82, 2.24) is 5.32 Å². The van der Waals surface area contributed by atoms with E-state index < -0.39 is 0 Å². The summed E-state index contributed by atoms with van der Waals surface area (Å²) in [4.78, 5) is 21.4. The van der Waals surface area contributed by atoms with E-state index in [2.05, 4.69) is 12.2 Å². The SMILES string of the molecule is CCCCCNC(=O)CC(C)=O. The summed E-state index contributed by atoms with van der Waals surface area (Å²) in [5.41, 5.74) is 0. The quantitative estimate of drug-likeness (QED) is 0.483. The topological polar surface area (TPSA) is 46.2 Å². The maximum atomic E-state index is 10.9. The summed E-state index contributed by atoms with van der Waals surface area (Å²) in [5, 5.41) is 2.69. The van der Waals surface area contributed by atoms with Gasteiger partial charge in [-0.1, -0.05) is 19.8 Å². The van der Waals surface area contributed by atoms with Crippen molar-refractivity contribution in [3.05, 3.63) is 0 Å². The molecule has 0 saturated carbocycles. The molecule has 0 bridgehead atoms. The molecule has 0 aliphatic heterocycles. The number of amides is 1. The van der Waals surface area contributed by atoms with Crippen molar-refractivity contribution >= 4 is 11.7 Å². The number of rotatable bonds is 6. The summed E-state index contributed by atoms with van der Waals surface area (Å²) >= 11 is 0. The Labute approximate surface area is 73.5 Å². The van der Waals surface area contributed by atoms with Crippen molar-refractivity contribution in [3.63, 3.8) is 0 Å². The maximum absolute atomic E-state index is 10.9. The minimum absolute atomic E-state index is 0.0200. The molecule has 0 aliphatic carbocycles. The number of Topliss-reactive ketones (excluding diaryl/α,β-unsaturated/α-hetero) is 1. The van der Waals surface area contributed by atoms with E-state index in [9.17, 15) is 9.59 Å². The zero-order valence-corrected chi connectivity index (χ0v) is 7.85. The molecule has 0 rings (SSSR count). The molecule has 0 radical (unpaired) electrons.